The number of para-hydroxylation sites is 1. The van der Waals surface area contributed by atoms with Gasteiger partial charge >= 0.3 is 0 Å². The second-order valence-corrected chi connectivity index (χ2v) is 8.59. The minimum Gasteiger partial charge on any atom is -0.356 e. The molecule has 0 aromatic heterocycles. The van der Waals surface area contributed by atoms with Gasteiger partial charge < -0.3 is 4.90 Å². The van der Waals surface area contributed by atoms with E-state index in [9.17, 15) is 0 Å². The highest BCUT2D eigenvalue weighted by Crippen LogP contribution is 2.37. The summed E-state index contributed by atoms with van der Waals surface area (Å²) in [6, 6.07) is 8.71. The molecule has 104 valence electrons. The van der Waals surface area contributed by atoms with Crippen LogP contribution in [0.2, 0.25) is 0 Å². The maximum atomic E-state index is 2.55. The molecule has 0 saturated heterocycles. The second-order valence-electron chi connectivity index (χ2n) is 5.95. The zero-order chi connectivity index (χ0) is 14.2. The molecule has 0 saturated carbocycles. The Balaban J connectivity index is 2.09. The van der Waals surface area contributed by atoms with Gasteiger partial charge in [-0.3, -0.25) is 0 Å². The first-order valence-electron chi connectivity index (χ1n) is 7.14. The van der Waals surface area contributed by atoms with Crippen molar-refractivity contribution >= 4 is 34.4 Å². The van der Waals surface area contributed by atoms with E-state index in [-0.39, 0.29) is 3.55 Å². The molecular formula is C18H20IN. The van der Waals surface area contributed by atoms with Crippen LogP contribution >= 0.6 is 22.6 Å². The van der Waals surface area contributed by atoms with Crippen LogP contribution in [-0.4, -0.2) is 10.1 Å². The molecule has 1 heterocycles. The lowest BCUT2D eigenvalue weighted by Gasteiger charge is -2.41. The van der Waals surface area contributed by atoms with Gasteiger partial charge in [-0.2, -0.15) is 0 Å². The summed E-state index contributed by atoms with van der Waals surface area (Å²) in [5.41, 5.74) is 2.66. The molecule has 0 bridgehead atoms. The Bertz CT molecular complexity index is 577. The highest BCUT2D eigenvalue weighted by Gasteiger charge is 2.30. The van der Waals surface area contributed by atoms with Gasteiger partial charge in [-0.15, -0.1) is 0 Å². The Kier molecular flexibility index (Phi) is 3.76. The summed E-state index contributed by atoms with van der Waals surface area (Å²) in [4.78, 5) is 2.54. The predicted octanol–water partition coefficient (Wildman–Crippen LogP) is 5.05. The van der Waals surface area contributed by atoms with Gasteiger partial charge in [0, 0.05) is 24.1 Å². The van der Waals surface area contributed by atoms with Crippen molar-refractivity contribution in [3.05, 3.63) is 60.2 Å². The van der Waals surface area contributed by atoms with E-state index in [0.29, 0.717) is 11.8 Å². The summed E-state index contributed by atoms with van der Waals surface area (Å²) >= 11 is 2.55. The van der Waals surface area contributed by atoms with Gasteiger partial charge in [0.15, 0.2) is 0 Å². The number of allylic oxidation sites excluding steroid dienone is 4. The largest absolute Gasteiger partial charge is 0.356 e. The first kappa shape index (κ1) is 13.9. The average Bonchev–Trinajstić information content (AvgIpc) is 2.40. The maximum Gasteiger partial charge on any atom is 0.0862 e. The van der Waals surface area contributed by atoms with Crippen LogP contribution in [0.25, 0.3) is 6.08 Å². The lowest BCUT2D eigenvalue weighted by atomic mass is 9.85. The summed E-state index contributed by atoms with van der Waals surface area (Å²) in [6.07, 6.45) is 13.6. The van der Waals surface area contributed by atoms with E-state index in [1.165, 1.54) is 11.3 Å². The monoisotopic (exact) mass is 377 g/mol. The number of benzene rings is 1. The van der Waals surface area contributed by atoms with Crippen LogP contribution in [0.3, 0.4) is 0 Å². The molecule has 0 N–H and O–H groups in total. The molecule has 20 heavy (non-hydrogen) atoms. The molecule has 0 amide bonds. The molecule has 3 rings (SSSR count). The van der Waals surface area contributed by atoms with Gasteiger partial charge in [-0.1, -0.05) is 77.2 Å². The Morgan fingerprint density at radius 2 is 1.85 bits per heavy atom. The number of hydrogen-bond donors (Lipinski definition) is 0. The fourth-order valence-corrected chi connectivity index (χ4v) is 3.42. The average molecular weight is 377 g/mol. The number of anilines is 1. The van der Waals surface area contributed by atoms with E-state index < -0.39 is 0 Å². The number of halogens is 1. The molecule has 1 nitrogen and oxygen atoms in total. The molecule has 1 aromatic rings. The quantitative estimate of drug-likeness (QED) is 0.376. The van der Waals surface area contributed by atoms with Crippen LogP contribution in [0.5, 0.6) is 0 Å². The van der Waals surface area contributed by atoms with Crippen molar-refractivity contribution in [3.63, 3.8) is 0 Å². The highest BCUT2D eigenvalue weighted by atomic mass is 127. The number of rotatable bonds is 1. The van der Waals surface area contributed by atoms with E-state index >= 15 is 0 Å². The van der Waals surface area contributed by atoms with Gasteiger partial charge in [0.05, 0.1) is 3.55 Å². The van der Waals surface area contributed by atoms with Crippen LogP contribution in [0, 0.1) is 11.8 Å². The van der Waals surface area contributed by atoms with Crippen LogP contribution < -0.4 is 4.90 Å². The number of fused-ring (bicyclic) bond motifs is 2. The van der Waals surface area contributed by atoms with E-state index in [1.54, 1.807) is 0 Å². The summed E-state index contributed by atoms with van der Waals surface area (Å²) in [5.74, 6) is 1.06. The Hall–Kier alpha value is -1.03. The van der Waals surface area contributed by atoms with Crippen molar-refractivity contribution in [2.75, 3.05) is 11.4 Å². The van der Waals surface area contributed by atoms with Crippen LogP contribution in [0.1, 0.15) is 19.4 Å². The molecule has 1 aromatic carbocycles. The molecule has 0 spiro atoms. The third-order valence-corrected chi connectivity index (χ3v) is 4.64. The third kappa shape index (κ3) is 2.71. The molecule has 2 atom stereocenters. The van der Waals surface area contributed by atoms with Crippen LogP contribution in [0.4, 0.5) is 5.69 Å². The number of hydrogen-bond acceptors (Lipinski definition) is 1. The molecule has 1 aliphatic heterocycles. The second kappa shape index (κ2) is 5.40. The zero-order valence-corrected chi connectivity index (χ0v) is 14.1. The molecular weight excluding hydrogens is 357 g/mol. The fraction of sp³-hybridized carbons (Fsp3) is 0.333. The van der Waals surface area contributed by atoms with E-state index in [2.05, 4.69) is 102 Å². The standard InChI is InChI=1S/C18H20IN/c1-18(2,19)20-13-16-9-4-3-7-14(16)11-12-15-8-5-6-10-17(15)20/h3-12,14,16H,13H2,1-2H3/b12-11-. The first-order chi connectivity index (χ1) is 9.55. The van der Waals surface area contributed by atoms with E-state index in [1.807, 2.05) is 0 Å². The topological polar surface area (TPSA) is 3.24 Å². The Morgan fingerprint density at radius 3 is 2.65 bits per heavy atom. The summed E-state index contributed by atoms with van der Waals surface area (Å²) < 4.78 is 0.0958. The van der Waals surface area contributed by atoms with E-state index in [0.717, 1.165) is 6.54 Å². The normalized spacial score (nSPS) is 26.4. The lowest BCUT2D eigenvalue weighted by molar-refractivity contribution is 0.505. The van der Waals surface area contributed by atoms with Gasteiger partial charge in [-0.25, -0.2) is 0 Å². The predicted molar refractivity (Wildman–Crippen MR) is 96.2 cm³/mol. The molecule has 0 fully saturated rings. The molecule has 1 aliphatic carbocycles. The number of nitrogens with zero attached hydrogens (tertiary/aromatic N) is 1. The van der Waals surface area contributed by atoms with Crippen LogP contribution in [-0.2, 0) is 0 Å². The van der Waals surface area contributed by atoms with Gasteiger partial charge in [0.1, 0.15) is 0 Å². The molecule has 2 heteroatoms. The SMILES string of the molecule is CC(C)(I)N1CC2C=CC=CC2/C=C\c2ccccc21. The van der Waals surface area contributed by atoms with Gasteiger partial charge in [-0.05, 0) is 25.5 Å². The first-order valence-corrected chi connectivity index (χ1v) is 8.22. The van der Waals surface area contributed by atoms with Crippen molar-refractivity contribution < 1.29 is 0 Å². The lowest BCUT2D eigenvalue weighted by Crippen LogP contribution is -2.44. The zero-order valence-electron chi connectivity index (χ0n) is 12.0. The van der Waals surface area contributed by atoms with Gasteiger partial charge in [0.2, 0.25) is 0 Å². The third-order valence-electron chi connectivity index (χ3n) is 4.06. The summed E-state index contributed by atoms with van der Waals surface area (Å²) in [5, 5.41) is 0. The summed E-state index contributed by atoms with van der Waals surface area (Å²) in [6.45, 7) is 5.63. The minimum absolute atomic E-state index is 0.0958. The minimum atomic E-state index is 0.0958. The number of alkyl halides is 1. The van der Waals surface area contributed by atoms with Crippen molar-refractivity contribution in [1.29, 1.82) is 0 Å². The van der Waals surface area contributed by atoms with Crippen molar-refractivity contribution in [2.45, 2.75) is 17.4 Å². The molecule has 2 aliphatic rings. The summed E-state index contributed by atoms with van der Waals surface area (Å²) in [7, 11) is 0. The van der Waals surface area contributed by atoms with Crippen LogP contribution in [0.15, 0.2) is 54.6 Å². The maximum absolute atomic E-state index is 2.55. The van der Waals surface area contributed by atoms with Crippen molar-refractivity contribution in [1.82, 2.24) is 0 Å². The highest BCUT2D eigenvalue weighted by molar-refractivity contribution is 14.1. The van der Waals surface area contributed by atoms with Crippen molar-refractivity contribution in [3.8, 4) is 0 Å². The van der Waals surface area contributed by atoms with Gasteiger partial charge in [0.25, 0.3) is 0 Å². The Morgan fingerprint density at radius 1 is 1.10 bits per heavy atom. The molecule has 2 unspecified atom stereocenters. The smallest absolute Gasteiger partial charge is 0.0862 e. The Labute approximate surface area is 135 Å². The molecule has 0 radical (unpaired) electrons. The van der Waals surface area contributed by atoms with Crippen molar-refractivity contribution in [2.24, 2.45) is 11.8 Å². The fourth-order valence-electron chi connectivity index (χ4n) is 2.96. The van der Waals surface area contributed by atoms with E-state index in [4.69, 9.17) is 0 Å².